The van der Waals surface area contributed by atoms with E-state index in [1.807, 2.05) is 0 Å². The largest absolute Gasteiger partial charge is 0.331 e. The molecule has 0 radical (unpaired) electrons. The molecule has 0 aliphatic carbocycles. The number of rotatable bonds is 4. The maximum absolute atomic E-state index is 5.42. The zero-order valence-electron chi connectivity index (χ0n) is 10.8. The average molecular weight is 248 g/mol. The van der Waals surface area contributed by atoms with Crippen LogP contribution in [0.5, 0.6) is 0 Å². The molecule has 2 aromatic rings. The molecule has 0 spiro atoms. The molecular formula is C14H20N2S. The first-order chi connectivity index (χ1) is 8.15. The number of H-pyrrole nitrogens is 1. The molecule has 92 valence electrons. The number of fused-ring (bicyclic) bond motifs is 1. The van der Waals surface area contributed by atoms with Crippen molar-refractivity contribution >= 4 is 23.3 Å². The third kappa shape index (κ3) is 2.44. The first-order valence-electron chi connectivity index (χ1n) is 6.34. The highest BCUT2D eigenvalue weighted by Crippen LogP contribution is 2.19. The van der Waals surface area contributed by atoms with Crippen LogP contribution in [0, 0.1) is 17.6 Å². The summed E-state index contributed by atoms with van der Waals surface area (Å²) in [6.45, 7) is 7.64. The normalized spacial score (nSPS) is 11.5. The van der Waals surface area contributed by atoms with Gasteiger partial charge >= 0.3 is 0 Å². The molecule has 1 heterocycles. The fourth-order valence-electron chi connectivity index (χ4n) is 2.25. The Balaban J connectivity index is 2.48. The molecule has 0 unspecified atom stereocenters. The Kier molecular flexibility index (Phi) is 3.67. The van der Waals surface area contributed by atoms with Crippen molar-refractivity contribution in [1.29, 1.82) is 0 Å². The lowest BCUT2D eigenvalue weighted by molar-refractivity contribution is 0.422. The summed E-state index contributed by atoms with van der Waals surface area (Å²) in [7, 11) is 0. The molecule has 0 saturated carbocycles. The number of aryl methyl sites for hydroxylation is 1. The minimum absolute atomic E-state index is 0.709. The van der Waals surface area contributed by atoms with Crippen molar-refractivity contribution in [2.45, 2.75) is 40.2 Å². The molecule has 2 nitrogen and oxygen atoms in total. The smallest absolute Gasteiger partial charge is 0.178 e. The zero-order valence-corrected chi connectivity index (χ0v) is 11.6. The summed E-state index contributed by atoms with van der Waals surface area (Å²) in [5, 5.41) is 0. The molecule has 1 N–H and O–H groups in total. The second kappa shape index (κ2) is 5.05. The van der Waals surface area contributed by atoms with Crippen LogP contribution in [-0.2, 0) is 6.54 Å². The van der Waals surface area contributed by atoms with E-state index in [1.165, 1.54) is 23.9 Å². The molecule has 1 aromatic carbocycles. The van der Waals surface area contributed by atoms with Gasteiger partial charge in [0.2, 0.25) is 0 Å². The summed E-state index contributed by atoms with van der Waals surface area (Å²) >= 11 is 5.42. The van der Waals surface area contributed by atoms with Gasteiger partial charge in [-0.2, -0.15) is 0 Å². The van der Waals surface area contributed by atoms with Crippen LogP contribution in [0.4, 0.5) is 0 Å². The Bertz CT molecular complexity index is 561. The van der Waals surface area contributed by atoms with E-state index >= 15 is 0 Å². The number of aromatic amines is 1. The van der Waals surface area contributed by atoms with Crippen molar-refractivity contribution < 1.29 is 0 Å². The molecule has 0 aliphatic heterocycles. The van der Waals surface area contributed by atoms with E-state index in [2.05, 4.69) is 48.5 Å². The number of hydrogen-bond acceptors (Lipinski definition) is 1. The van der Waals surface area contributed by atoms with Crippen molar-refractivity contribution in [3.8, 4) is 0 Å². The van der Waals surface area contributed by atoms with E-state index in [9.17, 15) is 0 Å². The van der Waals surface area contributed by atoms with Gasteiger partial charge in [0.05, 0.1) is 11.0 Å². The van der Waals surface area contributed by atoms with Gasteiger partial charge in [0.15, 0.2) is 4.77 Å². The average Bonchev–Trinajstić information content (AvgIpc) is 2.62. The van der Waals surface area contributed by atoms with E-state index < -0.39 is 0 Å². The number of nitrogens with one attached hydrogen (secondary N) is 1. The molecule has 0 fully saturated rings. The van der Waals surface area contributed by atoms with Crippen LogP contribution in [0.3, 0.4) is 0 Å². The highest BCUT2D eigenvalue weighted by molar-refractivity contribution is 7.71. The molecule has 1 aromatic heterocycles. The Morgan fingerprint density at radius 3 is 2.65 bits per heavy atom. The summed E-state index contributed by atoms with van der Waals surface area (Å²) < 4.78 is 3.09. The van der Waals surface area contributed by atoms with E-state index in [4.69, 9.17) is 12.2 Å². The lowest BCUT2D eigenvalue weighted by atomic mass is 10.0. The summed E-state index contributed by atoms with van der Waals surface area (Å²) in [6, 6.07) is 6.45. The minimum Gasteiger partial charge on any atom is -0.331 e. The van der Waals surface area contributed by atoms with Crippen molar-refractivity contribution in [2.75, 3.05) is 0 Å². The maximum Gasteiger partial charge on any atom is 0.178 e. The third-order valence-corrected chi connectivity index (χ3v) is 3.85. The Morgan fingerprint density at radius 2 is 2.00 bits per heavy atom. The lowest BCUT2D eigenvalue weighted by Gasteiger charge is -2.13. The number of nitrogens with zero attached hydrogens (tertiary/aromatic N) is 1. The molecule has 0 saturated heterocycles. The van der Waals surface area contributed by atoms with Gasteiger partial charge in [0, 0.05) is 6.54 Å². The fraction of sp³-hybridized carbons (Fsp3) is 0.500. The molecule has 3 heteroatoms. The van der Waals surface area contributed by atoms with Crippen LogP contribution in [-0.4, -0.2) is 9.55 Å². The summed E-state index contributed by atoms with van der Waals surface area (Å²) in [6.07, 6.45) is 2.41. The molecule has 0 bridgehead atoms. The van der Waals surface area contributed by atoms with Gasteiger partial charge in [-0.1, -0.05) is 32.8 Å². The van der Waals surface area contributed by atoms with Gasteiger partial charge in [-0.25, -0.2) is 0 Å². The molecular weight excluding hydrogens is 228 g/mol. The van der Waals surface area contributed by atoms with Crippen LogP contribution < -0.4 is 0 Å². The molecule has 0 atom stereocenters. The van der Waals surface area contributed by atoms with Gasteiger partial charge in [-0.3, -0.25) is 0 Å². The van der Waals surface area contributed by atoms with Crippen LogP contribution in [0.25, 0.3) is 11.0 Å². The second-order valence-electron chi connectivity index (χ2n) is 4.74. The Labute approximate surface area is 108 Å². The molecule has 0 aliphatic rings. The molecule has 2 rings (SSSR count). The van der Waals surface area contributed by atoms with Crippen molar-refractivity contribution in [2.24, 2.45) is 5.92 Å². The van der Waals surface area contributed by atoms with Crippen LogP contribution in [0.15, 0.2) is 18.2 Å². The first-order valence-corrected chi connectivity index (χ1v) is 6.75. The van der Waals surface area contributed by atoms with Gasteiger partial charge in [0.1, 0.15) is 0 Å². The minimum atomic E-state index is 0.709. The van der Waals surface area contributed by atoms with Crippen molar-refractivity contribution in [3.63, 3.8) is 0 Å². The fourth-order valence-corrected chi connectivity index (χ4v) is 2.53. The lowest BCUT2D eigenvalue weighted by Crippen LogP contribution is -2.09. The van der Waals surface area contributed by atoms with Crippen LogP contribution in [0.2, 0.25) is 0 Å². The van der Waals surface area contributed by atoms with Crippen LogP contribution in [0.1, 0.15) is 32.3 Å². The van der Waals surface area contributed by atoms with Crippen molar-refractivity contribution in [1.82, 2.24) is 9.55 Å². The summed E-state index contributed by atoms with van der Waals surface area (Å²) in [5.41, 5.74) is 3.67. The van der Waals surface area contributed by atoms with Gasteiger partial charge < -0.3 is 9.55 Å². The number of benzene rings is 1. The predicted molar refractivity (Wildman–Crippen MR) is 75.9 cm³/mol. The van der Waals surface area contributed by atoms with Crippen molar-refractivity contribution in [3.05, 3.63) is 28.5 Å². The predicted octanol–water partition coefficient (Wildman–Crippen LogP) is 4.44. The highest BCUT2D eigenvalue weighted by Gasteiger charge is 2.09. The number of aromatic nitrogens is 2. The van der Waals surface area contributed by atoms with Gasteiger partial charge in [0.25, 0.3) is 0 Å². The zero-order chi connectivity index (χ0) is 12.4. The van der Waals surface area contributed by atoms with Gasteiger partial charge in [-0.05, 0) is 42.8 Å². The molecule has 17 heavy (non-hydrogen) atoms. The standard InChI is InChI=1S/C14H20N2S/c1-4-11(5-2)9-16-13-8-10(3)6-7-12(13)15-14(16)17/h6-8,11H,4-5,9H2,1-3H3,(H,15,17). The molecule has 0 amide bonds. The van der Waals surface area contributed by atoms with E-state index in [0.717, 1.165) is 16.8 Å². The third-order valence-electron chi connectivity index (χ3n) is 3.53. The quantitative estimate of drug-likeness (QED) is 0.793. The number of imidazole rings is 1. The number of hydrogen-bond donors (Lipinski definition) is 1. The van der Waals surface area contributed by atoms with Gasteiger partial charge in [-0.15, -0.1) is 0 Å². The SMILES string of the molecule is CCC(CC)Cn1c(=S)[nH]c2ccc(C)cc21. The highest BCUT2D eigenvalue weighted by atomic mass is 32.1. The Morgan fingerprint density at radius 1 is 1.29 bits per heavy atom. The van der Waals surface area contributed by atoms with E-state index in [-0.39, 0.29) is 0 Å². The van der Waals surface area contributed by atoms with E-state index in [1.54, 1.807) is 0 Å². The monoisotopic (exact) mass is 248 g/mol. The Hall–Kier alpha value is -1.09. The summed E-state index contributed by atoms with van der Waals surface area (Å²) in [4.78, 5) is 3.29. The first kappa shape index (κ1) is 12.4. The topological polar surface area (TPSA) is 20.7 Å². The second-order valence-corrected chi connectivity index (χ2v) is 5.13. The van der Waals surface area contributed by atoms with Crippen LogP contribution >= 0.6 is 12.2 Å². The summed E-state index contributed by atoms with van der Waals surface area (Å²) in [5.74, 6) is 0.709. The van der Waals surface area contributed by atoms with E-state index in [0.29, 0.717) is 5.92 Å². The maximum atomic E-state index is 5.42.